The summed E-state index contributed by atoms with van der Waals surface area (Å²) in [7, 11) is 2.59. The summed E-state index contributed by atoms with van der Waals surface area (Å²) in [4.78, 5) is 12.1. The third kappa shape index (κ3) is 224. The van der Waals surface area contributed by atoms with Crippen LogP contribution in [0.3, 0.4) is 0 Å². The molecule has 0 aromatic carbocycles. The minimum atomic E-state index is 0.634. The van der Waals surface area contributed by atoms with Gasteiger partial charge in [-0.2, -0.15) is 12.6 Å². The van der Waals surface area contributed by atoms with Gasteiger partial charge in [-0.1, -0.05) is 24.6 Å². The Morgan fingerprint density at radius 2 is 1.54 bits per heavy atom. The number of thiol groups is 1. The molecule has 0 amide bonds. The molecule has 4 nitrogen and oxygen atoms in total. The Hall–Kier alpha value is -0.780. The van der Waals surface area contributed by atoms with Crippen molar-refractivity contribution in [1.82, 2.24) is 0 Å². The van der Waals surface area contributed by atoms with E-state index in [0.717, 1.165) is 20.0 Å². The number of hydrogen-bond acceptors (Lipinski definition) is 6. The number of nitrogens with zero attached hydrogens (tertiary/aromatic N) is 1. The highest BCUT2D eigenvalue weighted by molar-refractivity contribution is 7.79. The fraction of sp³-hybridized carbons (Fsp3) is 0.667. The van der Waals surface area contributed by atoms with E-state index in [1.165, 1.54) is 18.9 Å². The van der Waals surface area contributed by atoms with Crippen LogP contribution in [0.5, 0.6) is 0 Å². The third-order valence-corrected chi connectivity index (χ3v) is 1.46. The monoisotopic (exact) mass is 381 g/mol. The molecule has 1 rings (SSSR count). The fourth-order valence-electron chi connectivity index (χ4n) is 0.304. The molecule has 0 bridgehead atoms. The zero-order valence-electron chi connectivity index (χ0n) is 17.0. The smallest absolute Gasteiger partial charge is 0.116 e. The molecule has 0 spiro atoms. The van der Waals surface area contributed by atoms with Gasteiger partial charge in [-0.15, -0.1) is 6.58 Å². The van der Waals surface area contributed by atoms with E-state index < -0.39 is 0 Å². The fourth-order valence-corrected chi connectivity index (χ4v) is 0.304. The van der Waals surface area contributed by atoms with Crippen LogP contribution in [0.15, 0.2) is 29.3 Å². The maximum Gasteiger partial charge on any atom is 0.116 e. The number of carbonyl (C=O) groups excluding carboxylic acids is 1. The summed E-state index contributed by atoms with van der Waals surface area (Å²) in [6.45, 7) is 16.1. The number of aliphatic imine (C=N–C) groups is 1. The van der Waals surface area contributed by atoms with Crippen LogP contribution in [-0.2, 0) is 9.53 Å². The lowest BCUT2D eigenvalue weighted by molar-refractivity contribution is -0.106. The van der Waals surface area contributed by atoms with Crippen molar-refractivity contribution in [3.63, 3.8) is 0 Å². The predicted octanol–water partition coefficient (Wildman–Crippen LogP) is 5.04. The van der Waals surface area contributed by atoms with Gasteiger partial charge >= 0.3 is 0 Å². The number of aliphatic hydroxyl groups excluding tert-OH is 1. The van der Waals surface area contributed by atoms with Crippen molar-refractivity contribution in [2.24, 2.45) is 4.99 Å². The first kappa shape index (κ1) is 38.7. The van der Waals surface area contributed by atoms with Crippen LogP contribution in [0.2, 0.25) is 0 Å². The molecule has 146 valence electrons. The van der Waals surface area contributed by atoms with Gasteiger partial charge in [0, 0.05) is 14.2 Å². The average molecular weight is 382 g/mol. The maximum absolute atomic E-state index is 8.81. The van der Waals surface area contributed by atoms with Crippen molar-refractivity contribution < 1.29 is 14.6 Å². The summed E-state index contributed by atoms with van der Waals surface area (Å²) in [6.07, 6.45) is 8.27. The second kappa shape index (κ2) is 57.2. The van der Waals surface area contributed by atoms with Gasteiger partial charge in [0.1, 0.15) is 6.29 Å². The zero-order valence-corrected chi connectivity index (χ0v) is 18.7. The summed E-state index contributed by atoms with van der Waals surface area (Å²) in [6, 6.07) is 0. The molecule has 1 aliphatic rings. The molecule has 1 unspecified atom stereocenters. The van der Waals surface area contributed by atoms with Crippen LogP contribution in [0.1, 0.15) is 48.0 Å². The normalized spacial score (nSPS) is 11.5. The molecule has 0 aromatic rings. The van der Waals surface area contributed by atoms with Gasteiger partial charge in [-0.25, -0.2) is 4.99 Å². The number of epoxide rings is 1. The third-order valence-electron chi connectivity index (χ3n) is 1.28. The molecule has 0 radical (unpaired) electrons. The largest absolute Gasteiger partial charge is 0.400 e. The van der Waals surface area contributed by atoms with Crippen LogP contribution >= 0.6 is 24.8 Å². The predicted molar refractivity (Wildman–Crippen MR) is 117 cm³/mol. The zero-order chi connectivity index (χ0) is 20.8. The molecule has 1 atom stereocenters. The first-order chi connectivity index (χ1) is 11.4. The van der Waals surface area contributed by atoms with E-state index in [1.54, 1.807) is 13.3 Å². The maximum atomic E-state index is 8.81. The number of aldehydes is 1. The number of hydrogen-bond donors (Lipinski definition) is 2. The van der Waals surface area contributed by atoms with Crippen molar-refractivity contribution in [2.45, 2.75) is 54.1 Å². The number of isothiocyanates is 1. The second-order valence-electron chi connectivity index (χ2n) is 3.79. The molecule has 0 aromatic heterocycles. The Kier molecular flexibility index (Phi) is 92.2. The number of carbonyl (C=O) groups is 1. The van der Waals surface area contributed by atoms with Gasteiger partial charge in [0.25, 0.3) is 0 Å². The van der Waals surface area contributed by atoms with E-state index in [4.69, 9.17) is 14.6 Å². The van der Waals surface area contributed by atoms with Crippen LogP contribution in [0.25, 0.3) is 0 Å². The number of rotatable bonds is 1. The van der Waals surface area contributed by atoms with Crippen molar-refractivity contribution >= 4 is 36.3 Å². The highest BCUT2D eigenvalue weighted by Gasteiger charge is 2.18. The van der Waals surface area contributed by atoms with Crippen LogP contribution in [0.4, 0.5) is 0 Å². The minimum Gasteiger partial charge on any atom is -0.400 e. The SMILES string of the molecule is C=C(C)C.CC=CC.CC=O.CCC1CO1.CN=C=S.CO.CS. The van der Waals surface area contributed by atoms with Crippen LogP contribution in [0, 0.1) is 0 Å². The van der Waals surface area contributed by atoms with Crippen LogP contribution in [-0.4, -0.2) is 49.7 Å². The van der Waals surface area contributed by atoms with E-state index >= 15 is 0 Å². The Balaban J connectivity index is -0.0000000405. The number of thiocarbonyl (C=S) groups is 1. The molecule has 1 fully saturated rings. The second-order valence-corrected chi connectivity index (χ2v) is 3.97. The molecule has 1 heterocycles. The highest BCUT2D eigenvalue weighted by atomic mass is 32.1. The van der Waals surface area contributed by atoms with Crippen LogP contribution < -0.4 is 0 Å². The van der Waals surface area contributed by atoms with Gasteiger partial charge in [-0.05, 0) is 59.5 Å². The van der Waals surface area contributed by atoms with Crippen molar-refractivity contribution in [3.05, 3.63) is 24.3 Å². The Labute approximate surface area is 161 Å². The summed E-state index contributed by atoms with van der Waals surface area (Å²) in [5.74, 6) is 0. The summed E-state index contributed by atoms with van der Waals surface area (Å²) in [5.41, 5.74) is 1.17. The van der Waals surface area contributed by atoms with E-state index in [9.17, 15) is 0 Å². The van der Waals surface area contributed by atoms with Crippen molar-refractivity contribution in [1.29, 1.82) is 0 Å². The molecule has 0 saturated carbocycles. The van der Waals surface area contributed by atoms with E-state index in [1.807, 2.05) is 39.8 Å². The molecule has 1 aliphatic heterocycles. The van der Waals surface area contributed by atoms with Gasteiger partial charge in [0.05, 0.1) is 17.9 Å². The average Bonchev–Trinajstić information content (AvgIpc) is 3.43. The highest BCUT2D eigenvalue weighted by Crippen LogP contribution is 2.10. The van der Waals surface area contributed by atoms with Gasteiger partial charge < -0.3 is 14.6 Å². The molecule has 1 saturated heterocycles. The number of allylic oxidation sites excluding steroid dienone is 3. The Morgan fingerprint density at radius 1 is 1.33 bits per heavy atom. The molecule has 1 N–H and O–H groups in total. The molecule has 6 heteroatoms. The van der Waals surface area contributed by atoms with E-state index in [0.29, 0.717) is 6.10 Å². The van der Waals surface area contributed by atoms with Gasteiger partial charge in [-0.3, -0.25) is 0 Å². The van der Waals surface area contributed by atoms with Gasteiger partial charge in [0.2, 0.25) is 0 Å². The first-order valence-electron chi connectivity index (χ1n) is 7.47. The summed E-state index contributed by atoms with van der Waals surface area (Å²) in [5, 5.41) is 9.14. The molecular weight excluding hydrogens is 342 g/mol. The summed E-state index contributed by atoms with van der Waals surface area (Å²) >= 11 is 7.66. The number of ether oxygens (including phenoxy) is 1. The molecular formula is C18H39NO3S2. The summed E-state index contributed by atoms with van der Waals surface area (Å²) < 4.78 is 4.86. The van der Waals surface area contributed by atoms with E-state index in [2.05, 4.69) is 48.5 Å². The quantitative estimate of drug-likeness (QED) is 0.167. The topological polar surface area (TPSA) is 62.2 Å². The van der Waals surface area contributed by atoms with E-state index in [-0.39, 0.29) is 0 Å². The van der Waals surface area contributed by atoms with Gasteiger partial charge in [0.15, 0.2) is 0 Å². The number of aliphatic hydroxyl groups is 1. The lowest BCUT2D eigenvalue weighted by Gasteiger charge is -1.69. The Bertz CT molecular complexity index is 265. The standard InChI is InChI=1S/C4H8O.2C4H8.C2H3NS.C2H4O.CH4O.CH4S/c1-2-4-3-5-4;1-4(2)3;1-3-4-2;1-3-2-4;1-2-3;2*1-2/h4H,2-3H2,1H3;1H2,2-3H3;3-4H,1-2H3;1H3;2H,1H3;2*2H,1H3. The first-order valence-corrected chi connectivity index (χ1v) is 8.77. The lowest BCUT2D eigenvalue weighted by Crippen LogP contribution is -1.73. The Morgan fingerprint density at radius 3 is 1.54 bits per heavy atom. The van der Waals surface area contributed by atoms with Crippen molar-refractivity contribution in [2.75, 3.05) is 27.0 Å². The lowest BCUT2D eigenvalue weighted by atomic mass is 10.4. The molecule has 0 aliphatic carbocycles. The minimum absolute atomic E-state index is 0.634. The van der Waals surface area contributed by atoms with Crippen molar-refractivity contribution in [3.8, 4) is 0 Å². The molecule has 24 heavy (non-hydrogen) atoms.